The Hall–Kier alpha value is -0.830. The van der Waals surface area contributed by atoms with Gasteiger partial charge in [-0.05, 0) is 25.3 Å². The van der Waals surface area contributed by atoms with Gasteiger partial charge < -0.3 is 5.11 Å². The third-order valence-electron chi connectivity index (χ3n) is 2.48. The zero-order valence-electron chi connectivity index (χ0n) is 6.62. The van der Waals surface area contributed by atoms with Crippen LogP contribution in [-0.2, 0) is 12.6 Å². The van der Waals surface area contributed by atoms with E-state index in [4.69, 9.17) is 0 Å². The molecule has 1 aromatic heterocycles. The van der Waals surface area contributed by atoms with E-state index in [1.165, 1.54) is 0 Å². The number of nitrogens with zero attached hydrogens (tertiary/aromatic N) is 2. The van der Waals surface area contributed by atoms with Crippen molar-refractivity contribution in [2.75, 3.05) is 0 Å². The largest absolute Gasteiger partial charge is 0.384 e. The molecule has 3 nitrogen and oxygen atoms in total. The molecule has 0 aromatic carbocycles. The summed E-state index contributed by atoms with van der Waals surface area (Å²) in [7, 11) is 1.87. The summed E-state index contributed by atoms with van der Waals surface area (Å²) in [6.45, 7) is 0. The van der Waals surface area contributed by atoms with Crippen LogP contribution in [0.3, 0.4) is 0 Å². The van der Waals surface area contributed by atoms with Crippen molar-refractivity contribution < 1.29 is 5.11 Å². The quantitative estimate of drug-likeness (QED) is 0.646. The van der Waals surface area contributed by atoms with Crippen molar-refractivity contribution in [3.8, 4) is 0 Å². The van der Waals surface area contributed by atoms with Crippen molar-refractivity contribution >= 4 is 0 Å². The molecule has 0 saturated heterocycles. The third-order valence-corrected chi connectivity index (χ3v) is 2.48. The van der Waals surface area contributed by atoms with Crippen LogP contribution in [0.25, 0.3) is 0 Å². The van der Waals surface area contributed by atoms with Crippen LogP contribution in [0.2, 0.25) is 0 Å². The Kier molecular flexibility index (Phi) is 1.29. The van der Waals surface area contributed by atoms with Gasteiger partial charge >= 0.3 is 0 Å². The van der Waals surface area contributed by atoms with Crippen LogP contribution in [0.5, 0.6) is 0 Å². The van der Waals surface area contributed by atoms with E-state index in [1.54, 1.807) is 10.9 Å². The Labute approximate surface area is 65.7 Å². The molecule has 0 unspecified atom stereocenters. The molecule has 3 heteroatoms. The summed E-state index contributed by atoms with van der Waals surface area (Å²) in [5.74, 6) is 0. The van der Waals surface area contributed by atoms with Crippen molar-refractivity contribution in [1.29, 1.82) is 0 Å². The number of aryl methyl sites for hydroxylation is 1. The van der Waals surface area contributed by atoms with Crippen LogP contribution in [0, 0.1) is 0 Å². The monoisotopic (exact) mass is 152 g/mol. The van der Waals surface area contributed by atoms with Crippen molar-refractivity contribution in [2.45, 2.75) is 24.9 Å². The van der Waals surface area contributed by atoms with E-state index in [1.807, 2.05) is 13.1 Å². The van der Waals surface area contributed by atoms with Gasteiger partial charge in [-0.25, -0.2) is 0 Å². The molecular weight excluding hydrogens is 140 g/mol. The second kappa shape index (κ2) is 2.08. The van der Waals surface area contributed by atoms with E-state index >= 15 is 0 Å². The minimum absolute atomic E-state index is 0.564. The van der Waals surface area contributed by atoms with E-state index in [0.717, 1.165) is 25.0 Å². The van der Waals surface area contributed by atoms with Crippen molar-refractivity contribution in [3.63, 3.8) is 0 Å². The highest BCUT2D eigenvalue weighted by Gasteiger charge is 2.38. The van der Waals surface area contributed by atoms with E-state index in [9.17, 15) is 5.11 Å². The molecule has 1 aromatic rings. The average molecular weight is 152 g/mol. The molecule has 2 rings (SSSR count). The highest BCUT2D eigenvalue weighted by atomic mass is 16.3. The highest BCUT2D eigenvalue weighted by Crippen LogP contribution is 2.40. The fourth-order valence-corrected chi connectivity index (χ4v) is 1.60. The number of rotatable bonds is 1. The Morgan fingerprint density at radius 2 is 2.36 bits per heavy atom. The molecular formula is C8H12N2O. The molecule has 0 bridgehead atoms. The number of aliphatic hydroxyl groups is 1. The first-order chi connectivity index (χ1) is 5.22. The summed E-state index contributed by atoms with van der Waals surface area (Å²) in [6, 6.07) is 1.89. The van der Waals surface area contributed by atoms with E-state index in [-0.39, 0.29) is 0 Å². The molecule has 1 heterocycles. The van der Waals surface area contributed by atoms with Crippen molar-refractivity contribution in [2.24, 2.45) is 7.05 Å². The van der Waals surface area contributed by atoms with Crippen molar-refractivity contribution in [1.82, 2.24) is 9.78 Å². The molecule has 0 spiro atoms. The lowest BCUT2D eigenvalue weighted by Crippen LogP contribution is -2.35. The molecule has 1 aliphatic rings. The first-order valence-corrected chi connectivity index (χ1v) is 3.93. The molecule has 0 aliphatic heterocycles. The second-order valence-electron chi connectivity index (χ2n) is 3.23. The molecule has 0 radical (unpaired) electrons. The molecule has 11 heavy (non-hydrogen) atoms. The van der Waals surface area contributed by atoms with Gasteiger partial charge in [0.2, 0.25) is 0 Å². The average Bonchev–Trinajstić information content (AvgIpc) is 2.30. The summed E-state index contributed by atoms with van der Waals surface area (Å²) >= 11 is 0. The van der Waals surface area contributed by atoms with Crippen LogP contribution in [0.1, 0.15) is 25.0 Å². The van der Waals surface area contributed by atoms with Gasteiger partial charge in [-0.15, -0.1) is 0 Å². The molecule has 60 valence electrons. The Bertz CT molecular complexity index is 263. The fourth-order valence-electron chi connectivity index (χ4n) is 1.60. The highest BCUT2D eigenvalue weighted by molar-refractivity contribution is 5.14. The fraction of sp³-hybridized carbons (Fsp3) is 0.625. The number of hydrogen-bond donors (Lipinski definition) is 1. The van der Waals surface area contributed by atoms with Crippen LogP contribution >= 0.6 is 0 Å². The maximum Gasteiger partial charge on any atom is 0.106 e. The van der Waals surface area contributed by atoms with Crippen LogP contribution in [0.4, 0.5) is 0 Å². The Balaban J connectivity index is 2.35. The minimum atomic E-state index is -0.564. The van der Waals surface area contributed by atoms with E-state index < -0.39 is 5.60 Å². The van der Waals surface area contributed by atoms with E-state index in [0.29, 0.717) is 0 Å². The lowest BCUT2D eigenvalue weighted by atomic mass is 9.78. The van der Waals surface area contributed by atoms with Gasteiger partial charge in [-0.2, -0.15) is 5.10 Å². The maximum atomic E-state index is 9.89. The summed E-state index contributed by atoms with van der Waals surface area (Å²) in [5.41, 5.74) is 0.384. The normalized spacial score (nSPS) is 21.3. The first kappa shape index (κ1) is 6.85. The first-order valence-electron chi connectivity index (χ1n) is 3.93. The zero-order valence-corrected chi connectivity index (χ0v) is 6.62. The van der Waals surface area contributed by atoms with Crippen molar-refractivity contribution in [3.05, 3.63) is 18.0 Å². The molecule has 1 N–H and O–H groups in total. The zero-order chi connectivity index (χ0) is 7.90. The number of aromatic nitrogens is 2. The summed E-state index contributed by atoms with van der Waals surface area (Å²) in [5, 5.41) is 13.9. The molecule has 0 atom stereocenters. The van der Waals surface area contributed by atoms with Crippen LogP contribution in [-0.4, -0.2) is 14.9 Å². The van der Waals surface area contributed by atoms with Gasteiger partial charge in [-0.3, -0.25) is 4.68 Å². The van der Waals surface area contributed by atoms with Gasteiger partial charge in [-0.1, -0.05) is 0 Å². The predicted molar refractivity (Wildman–Crippen MR) is 41.0 cm³/mol. The van der Waals surface area contributed by atoms with Gasteiger partial charge in [0, 0.05) is 13.2 Å². The molecule has 1 saturated carbocycles. The standard InChI is InChI=1S/C8H12N2O/c1-10-7(3-6-9-10)8(11)4-2-5-8/h3,6,11H,2,4-5H2,1H3. The predicted octanol–water partition coefficient (Wildman–Crippen LogP) is 0.792. The summed E-state index contributed by atoms with van der Waals surface area (Å²) in [6.07, 6.45) is 4.62. The van der Waals surface area contributed by atoms with Gasteiger partial charge in [0.25, 0.3) is 0 Å². The SMILES string of the molecule is Cn1nccc1C1(O)CCC1. The molecule has 0 amide bonds. The minimum Gasteiger partial charge on any atom is -0.384 e. The molecule has 1 aliphatic carbocycles. The van der Waals surface area contributed by atoms with Crippen LogP contribution in [0.15, 0.2) is 12.3 Å². The Morgan fingerprint density at radius 1 is 1.64 bits per heavy atom. The summed E-state index contributed by atoms with van der Waals surface area (Å²) < 4.78 is 1.75. The number of hydrogen-bond acceptors (Lipinski definition) is 2. The molecule has 1 fully saturated rings. The van der Waals surface area contributed by atoms with E-state index in [2.05, 4.69) is 5.10 Å². The maximum absolute atomic E-state index is 9.89. The van der Waals surface area contributed by atoms with Gasteiger partial charge in [0.15, 0.2) is 0 Å². The topological polar surface area (TPSA) is 38.0 Å². The second-order valence-corrected chi connectivity index (χ2v) is 3.23. The van der Waals surface area contributed by atoms with Crippen LogP contribution < -0.4 is 0 Å². The smallest absolute Gasteiger partial charge is 0.106 e. The van der Waals surface area contributed by atoms with Gasteiger partial charge in [0.1, 0.15) is 5.60 Å². The van der Waals surface area contributed by atoms with Gasteiger partial charge in [0.05, 0.1) is 5.69 Å². The lowest BCUT2D eigenvalue weighted by molar-refractivity contribution is -0.0456. The lowest BCUT2D eigenvalue weighted by Gasteiger charge is -2.36. The summed E-state index contributed by atoms with van der Waals surface area (Å²) in [4.78, 5) is 0. The third kappa shape index (κ3) is 0.878. The Morgan fingerprint density at radius 3 is 2.73 bits per heavy atom.